The second-order valence-corrected chi connectivity index (χ2v) is 5.08. The van der Waals surface area contributed by atoms with Crippen molar-refractivity contribution in [3.63, 3.8) is 0 Å². The molecule has 1 atom stereocenters. The first kappa shape index (κ1) is 14.2. The lowest BCUT2D eigenvalue weighted by Crippen LogP contribution is -2.09. The molecule has 0 aliphatic heterocycles. The van der Waals surface area contributed by atoms with Crippen molar-refractivity contribution in [2.24, 2.45) is 5.92 Å². The van der Waals surface area contributed by atoms with Crippen LogP contribution in [0.3, 0.4) is 0 Å². The van der Waals surface area contributed by atoms with Gasteiger partial charge in [-0.15, -0.1) is 0 Å². The van der Waals surface area contributed by atoms with Crippen molar-refractivity contribution in [2.45, 2.75) is 64.7 Å². The number of hydrogen-bond acceptors (Lipinski definition) is 1. The van der Waals surface area contributed by atoms with Gasteiger partial charge >= 0.3 is 0 Å². The van der Waals surface area contributed by atoms with E-state index in [1.165, 1.54) is 38.5 Å². The van der Waals surface area contributed by atoms with Crippen molar-refractivity contribution in [3.05, 3.63) is 24.3 Å². The molecule has 0 heterocycles. The van der Waals surface area contributed by atoms with Crippen LogP contribution in [0.5, 0.6) is 0 Å². The van der Waals surface area contributed by atoms with Gasteiger partial charge < -0.3 is 0 Å². The lowest BCUT2D eigenvalue weighted by atomic mass is 9.98. The van der Waals surface area contributed by atoms with Gasteiger partial charge in [0.25, 0.3) is 0 Å². The normalized spacial score (nSPS) is 25.2. The van der Waals surface area contributed by atoms with Crippen LogP contribution in [0.1, 0.15) is 64.7 Å². The van der Waals surface area contributed by atoms with E-state index in [1.54, 1.807) is 0 Å². The van der Waals surface area contributed by atoms with Crippen molar-refractivity contribution in [2.75, 3.05) is 0 Å². The molecule has 0 spiro atoms. The van der Waals surface area contributed by atoms with Crippen molar-refractivity contribution in [1.82, 2.24) is 0 Å². The largest absolute Gasteiger partial charge is 0.299 e. The molecule has 0 aromatic rings. The Morgan fingerprint density at radius 2 is 1.47 bits per heavy atom. The van der Waals surface area contributed by atoms with Gasteiger partial charge in [0, 0.05) is 12.3 Å². The van der Waals surface area contributed by atoms with Gasteiger partial charge in [-0.3, -0.25) is 4.79 Å². The third kappa shape index (κ3) is 7.14. The summed E-state index contributed by atoms with van der Waals surface area (Å²) in [5.74, 6) is 0.610. The molecule has 0 N–H and O–H groups in total. The highest BCUT2D eigenvalue weighted by Gasteiger charge is 2.09. The number of carbonyl (C=O) groups is 1. The van der Waals surface area contributed by atoms with E-state index >= 15 is 0 Å². The highest BCUT2D eigenvalue weighted by Crippen LogP contribution is 2.12. The SMILES string of the molecule is CC1CC=CCCCCCCC=CCCC1=O. The topological polar surface area (TPSA) is 17.1 Å². The molecule has 0 aromatic heterocycles. The Hall–Kier alpha value is -0.850. The van der Waals surface area contributed by atoms with E-state index in [1.807, 2.05) is 0 Å². The van der Waals surface area contributed by atoms with Crippen LogP contribution in [0.25, 0.3) is 0 Å². The first-order valence-corrected chi connectivity index (χ1v) is 7.13. The first-order chi connectivity index (χ1) is 8.30. The van der Waals surface area contributed by atoms with Crippen LogP contribution in [0.15, 0.2) is 24.3 Å². The summed E-state index contributed by atoms with van der Waals surface area (Å²) in [6.45, 7) is 2.05. The van der Waals surface area contributed by atoms with Crippen molar-refractivity contribution in [1.29, 1.82) is 0 Å². The van der Waals surface area contributed by atoms with Crippen LogP contribution in [0, 0.1) is 5.92 Å². The van der Waals surface area contributed by atoms with Gasteiger partial charge in [-0.05, 0) is 38.5 Å². The summed E-state index contributed by atoms with van der Waals surface area (Å²) in [4.78, 5) is 11.8. The molecule has 0 saturated carbocycles. The predicted molar refractivity (Wildman–Crippen MR) is 74.0 cm³/mol. The Balaban J connectivity index is 2.39. The van der Waals surface area contributed by atoms with E-state index in [2.05, 4.69) is 31.2 Å². The average molecular weight is 234 g/mol. The Kier molecular flexibility index (Phi) is 7.70. The number of allylic oxidation sites excluding steroid dienone is 4. The van der Waals surface area contributed by atoms with E-state index in [-0.39, 0.29) is 5.92 Å². The van der Waals surface area contributed by atoms with Crippen molar-refractivity contribution in [3.8, 4) is 0 Å². The van der Waals surface area contributed by atoms with E-state index < -0.39 is 0 Å². The summed E-state index contributed by atoms with van der Waals surface area (Å²) in [6, 6.07) is 0. The third-order valence-electron chi connectivity index (χ3n) is 3.42. The Morgan fingerprint density at radius 1 is 0.882 bits per heavy atom. The lowest BCUT2D eigenvalue weighted by molar-refractivity contribution is -0.122. The van der Waals surface area contributed by atoms with Gasteiger partial charge in [0.15, 0.2) is 0 Å². The summed E-state index contributed by atoms with van der Waals surface area (Å²) in [7, 11) is 0. The molecule has 0 fully saturated rings. The lowest BCUT2D eigenvalue weighted by Gasteiger charge is -2.06. The second kappa shape index (κ2) is 9.21. The zero-order chi connectivity index (χ0) is 12.3. The summed E-state index contributed by atoms with van der Waals surface area (Å²) in [6.07, 6.45) is 19.1. The average Bonchev–Trinajstić information content (AvgIpc) is 2.34. The molecule has 1 aliphatic carbocycles. The minimum absolute atomic E-state index is 0.199. The summed E-state index contributed by atoms with van der Waals surface area (Å²) < 4.78 is 0. The van der Waals surface area contributed by atoms with Crippen LogP contribution in [0.2, 0.25) is 0 Å². The van der Waals surface area contributed by atoms with Gasteiger partial charge in [0.1, 0.15) is 5.78 Å². The molecule has 1 rings (SSSR count). The third-order valence-corrected chi connectivity index (χ3v) is 3.42. The molecule has 0 radical (unpaired) electrons. The van der Waals surface area contributed by atoms with Crippen LogP contribution in [-0.4, -0.2) is 5.78 Å². The van der Waals surface area contributed by atoms with Crippen LogP contribution in [0.4, 0.5) is 0 Å². The van der Waals surface area contributed by atoms with E-state index in [0.717, 1.165) is 12.8 Å². The molecule has 0 aromatic carbocycles. The molecular weight excluding hydrogens is 208 g/mol. The second-order valence-electron chi connectivity index (χ2n) is 5.08. The first-order valence-electron chi connectivity index (χ1n) is 7.13. The van der Waals surface area contributed by atoms with Crippen LogP contribution >= 0.6 is 0 Å². The molecule has 1 unspecified atom stereocenters. The summed E-state index contributed by atoms with van der Waals surface area (Å²) in [5, 5.41) is 0. The molecule has 1 nitrogen and oxygen atoms in total. The zero-order valence-electron chi connectivity index (χ0n) is 11.2. The standard InChI is InChI=1S/C16H26O/c1-15-13-11-9-7-5-3-2-4-6-8-10-12-14-16(15)17/h8-11,15H,2-7,12-14H2,1H3. The van der Waals surface area contributed by atoms with Crippen LogP contribution < -0.4 is 0 Å². The van der Waals surface area contributed by atoms with Gasteiger partial charge in [0.05, 0.1) is 0 Å². The number of Topliss-reactive ketones (excluding diaryl/α,β-unsaturated/α-hetero) is 1. The minimum Gasteiger partial charge on any atom is -0.299 e. The Bertz CT molecular complexity index is 263. The quantitative estimate of drug-likeness (QED) is 0.549. The predicted octanol–water partition coefficient (Wildman–Crippen LogP) is 4.83. The number of ketones is 1. The zero-order valence-corrected chi connectivity index (χ0v) is 11.2. The number of rotatable bonds is 0. The number of hydrogen-bond donors (Lipinski definition) is 0. The van der Waals surface area contributed by atoms with E-state index in [0.29, 0.717) is 12.2 Å². The fourth-order valence-electron chi connectivity index (χ4n) is 2.14. The molecule has 1 aliphatic rings. The smallest absolute Gasteiger partial charge is 0.136 e. The highest BCUT2D eigenvalue weighted by molar-refractivity contribution is 5.80. The maximum atomic E-state index is 11.8. The maximum Gasteiger partial charge on any atom is 0.136 e. The number of carbonyl (C=O) groups excluding carboxylic acids is 1. The molecule has 1 heteroatoms. The molecule has 0 amide bonds. The summed E-state index contributed by atoms with van der Waals surface area (Å²) in [5.41, 5.74) is 0. The van der Waals surface area contributed by atoms with Crippen molar-refractivity contribution >= 4 is 5.78 Å². The summed E-state index contributed by atoms with van der Waals surface area (Å²) >= 11 is 0. The van der Waals surface area contributed by atoms with Gasteiger partial charge in [0.2, 0.25) is 0 Å². The molecule has 17 heavy (non-hydrogen) atoms. The molecular formula is C16H26O. The molecule has 0 saturated heterocycles. The molecule has 0 bridgehead atoms. The fraction of sp³-hybridized carbons (Fsp3) is 0.688. The Morgan fingerprint density at radius 3 is 2.18 bits per heavy atom. The Labute approximate surface area is 106 Å². The van der Waals surface area contributed by atoms with E-state index in [9.17, 15) is 4.79 Å². The minimum atomic E-state index is 0.199. The monoisotopic (exact) mass is 234 g/mol. The van der Waals surface area contributed by atoms with Crippen LogP contribution in [-0.2, 0) is 4.79 Å². The van der Waals surface area contributed by atoms with Gasteiger partial charge in [-0.25, -0.2) is 0 Å². The van der Waals surface area contributed by atoms with Crippen molar-refractivity contribution < 1.29 is 4.79 Å². The molecule has 96 valence electrons. The van der Waals surface area contributed by atoms with E-state index in [4.69, 9.17) is 0 Å². The van der Waals surface area contributed by atoms with Gasteiger partial charge in [-0.2, -0.15) is 0 Å². The van der Waals surface area contributed by atoms with Gasteiger partial charge in [-0.1, -0.05) is 44.1 Å². The maximum absolute atomic E-state index is 11.8. The highest BCUT2D eigenvalue weighted by atomic mass is 16.1. The fourth-order valence-corrected chi connectivity index (χ4v) is 2.14.